The first-order chi connectivity index (χ1) is 11.4. The van der Waals surface area contributed by atoms with E-state index in [1.165, 1.54) is 5.56 Å². The molecule has 0 aliphatic carbocycles. The van der Waals surface area contributed by atoms with Crippen LogP contribution in [0.1, 0.15) is 45.6 Å². The highest BCUT2D eigenvalue weighted by Crippen LogP contribution is 2.28. The number of hydrogen-bond donors (Lipinski definition) is 1. The number of para-hydroxylation sites is 1. The standard InChI is InChI=1S/C19H27N3OS/c1-14-13-19(2,3)20-18(24)21(14)11-6-9-17(23)22-12-10-15-7-4-5-8-16(15)22/h4-5,7-8,14H,6,9-13H2,1-3H3,(H,20,24)/t14-/m0/s1. The van der Waals surface area contributed by atoms with E-state index in [4.69, 9.17) is 12.2 Å². The maximum atomic E-state index is 12.6. The summed E-state index contributed by atoms with van der Waals surface area (Å²) in [5, 5.41) is 4.22. The highest BCUT2D eigenvalue weighted by atomic mass is 32.1. The van der Waals surface area contributed by atoms with E-state index in [0.29, 0.717) is 12.5 Å². The summed E-state index contributed by atoms with van der Waals surface area (Å²) >= 11 is 5.51. The van der Waals surface area contributed by atoms with Gasteiger partial charge >= 0.3 is 0 Å². The highest BCUT2D eigenvalue weighted by molar-refractivity contribution is 7.80. The molecule has 1 saturated heterocycles. The Balaban J connectivity index is 1.52. The number of rotatable bonds is 4. The van der Waals surface area contributed by atoms with Gasteiger partial charge in [-0.1, -0.05) is 18.2 Å². The topological polar surface area (TPSA) is 35.6 Å². The van der Waals surface area contributed by atoms with Crippen molar-refractivity contribution >= 4 is 28.9 Å². The summed E-state index contributed by atoms with van der Waals surface area (Å²) < 4.78 is 0. The fraction of sp³-hybridized carbons (Fsp3) is 0.579. The molecule has 1 aromatic rings. The molecule has 1 atom stereocenters. The largest absolute Gasteiger partial charge is 0.358 e. The Morgan fingerprint density at radius 3 is 2.88 bits per heavy atom. The van der Waals surface area contributed by atoms with Crippen molar-refractivity contribution in [2.75, 3.05) is 18.0 Å². The highest BCUT2D eigenvalue weighted by Gasteiger charge is 2.33. The molecular formula is C19H27N3OS. The van der Waals surface area contributed by atoms with Gasteiger partial charge in [0.1, 0.15) is 0 Å². The van der Waals surface area contributed by atoms with E-state index >= 15 is 0 Å². The monoisotopic (exact) mass is 345 g/mol. The van der Waals surface area contributed by atoms with Gasteiger partial charge in [0, 0.05) is 36.8 Å². The van der Waals surface area contributed by atoms with Gasteiger partial charge in [-0.2, -0.15) is 0 Å². The van der Waals surface area contributed by atoms with Crippen molar-refractivity contribution in [3.05, 3.63) is 29.8 Å². The van der Waals surface area contributed by atoms with Crippen molar-refractivity contribution < 1.29 is 4.79 Å². The summed E-state index contributed by atoms with van der Waals surface area (Å²) in [5.41, 5.74) is 2.43. The van der Waals surface area contributed by atoms with Gasteiger partial charge in [-0.15, -0.1) is 0 Å². The number of anilines is 1. The Hall–Kier alpha value is -1.62. The van der Waals surface area contributed by atoms with Gasteiger partial charge in [-0.3, -0.25) is 4.79 Å². The van der Waals surface area contributed by atoms with Crippen LogP contribution >= 0.6 is 12.2 Å². The molecule has 0 radical (unpaired) electrons. The van der Waals surface area contributed by atoms with E-state index in [0.717, 1.165) is 43.2 Å². The van der Waals surface area contributed by atoms with Crippen LogP contribution < -0.4 is 10.2 Å². The molecule has 2 heterocycles. The SMILES string of the molecule is C[C@H]1CC(C)(C)NC(=S)N1CCCC(=O)N1CCc2ccccc21. The van der Waals surface area contributed by atoms with E-state index in [1.54, 1.807) is 0 Å². The predicted molar refractivity (Wildman–Crippen MR) is 102 cm³/mol. The first kappa shape index (κ1) is 17.2. The molecule has 2 aliphatic heterocycles. The molecule has 24 heavy (non-hydrogen) atoms. The number of thiocarbonyl (C=S) groups is 1. The Morgan fingerprint density at radius 2 is 2.12 bits per heavy atom. The summed E-state index contributed by atoms with van der Waals surface area (Å²) in [6.07, 6.45) is 3.43. The number of nitrogens with zero attached hydrogens (tertiary/aromatic N) is 2. The Bertz CT molecular complexity index is 643. The fourth-order valence-corrected chi connectivity index (χ4v) is 4.46. The second kappa shape index (κ2) is 6.71. The lowest BCUT2D eigenvalue weighted by Crippen LogP contribution is -2.60. The van der Waals surface area contributed by atoms with Crippen LogP contribution in [0.15, 0.2) is 24.3 Å². The van der Waals surface area contributed by atoms with Crippen LogP contribution in [0.2, 0.25) is 0 Å². The van der Waals surface area contributed by atoms with Crippen LogP contribution in [0.25, 0.3) is 0 Å². The maximum Gasteiger partial charge on any atom is 0.227 e. The minimum Gasteiger partial charge on any atom is -0.358 e. The molecule has 4 nitrogen and oxygen atoms in total. The first-order valence-corrected chi connectivity index (χ1v) is 9.25. The summed E-state index contributed by atoms with van der Waals surface area (Å²) in [6, 6.07) is 8.63. The molecule has 0 saturated carbocycles. The van der Waals surface area contributed by atoms with E-state index in [1.807, 2.05) is 23.1 Å². The van der Waals surface area contributed by atoms with Crippen molar-refractivity contribution in [2.45, 2.75) is 58.0 Å². The third-order valence-electron chi connectivity index (χ3n) is 5.02. The van der Waals surface area contributed by atoms with Gasteiger partial charge in [0.2, 0.25) is 5.91 Å². The molecular weight excluding hydrogens is 318 g/mol. The van der Waals surface area contributed by atoms with Crippen molar-refractivity contribution in [1.29, 1.82) is 0 Å². The lowest BCUT2D eigenvalue weighted by atomic mass is 9.93. The molecule has 2 aliphatic rings. The Kier molecular flexibility index (Phi) is 4.81. The summed E-state index contributed by atoms with van der Waals surface area (Å²) in [7, 11) is 0. The normalized spacial score (nSPS) is 22.3. The second-order valence-corrected chi connectivity index (χ2v) is 7.97. The number of nitrogens with one attached hydrogen (secondary N) is 1. The number of hydrogen-bond acceptors (Lipinski definition) is 2. The van der Waals surface area contributed by atoms with Crippen molar-refractivity contribution in [3.8, 4) is 0 Å². The van der Waals surface area contributed by atoms with Crippen LogP contribution in [0.4, 0.5) is 5.69 Å². The molecule has 0 bridgehead atoms. The zero-order valence-electron chi connectivity index (χ0n) is 14.8. The van der Waals surface area contributed by atoms with Crippen molar-refractivity contribution in [3.63, 3.8) is 0 Å². The second-order valence-electron chi connectivity index (χ2n) is 7.59. The van der Waals surface area contributed by atoms with Crippen molar-refractivity contribution in [2.24, 2.45) is 0 Å². The van der Waals surface area contributed by atoms with Gasteiger partial charge in [0.25, 0.3) is 0 Å². The molecule has 0 spiro atoms. The molecule has 5 heteroatoms. The van der Waals surface area contributed by atoms with Crippen LogP contribution in [-0.2, 0) is 11.2 Å². The van der Waals surface area contributed by atoms with Gasteiger partial charge in [0.15, 0.2) is 5.11 Å². The lowest BCUT2D eigenvalue weighted by molar-refractivity contribution is -0.118. The van der Waals surface area contributed by atoms with Gasteiger partial charge in [-0.05, 0) is 63.9 Å². The quantitative estimate of drug-likeness (QED) is 0.851. The molecule has 1 amide bonds. The lowest BCUT2D eigenvalue weighted by Gasteiger charge is -2.44. The minimum atomic E-state index is 0.0576. The number of benzene rings is 1. The van der Waals surface area contributed by atoms with Gasteiger partial charge < -0.3 is 15.1 Å². The molecule has 1 aromatic carbocycles. The van der Waals surface area contributed by atoms with Gasteiger partial charge in [0.05, 0.1) is 0 Å². The smallest absolute Gasteiger partial charge is 0.227 e. The molecule has 1 N–H and O–H groups in total. The molecule has 0 aromatic heterocycles. The maximum absolute atomic E-state index is 12.6. The van der Waals surface area contributed by atoms with E-state index in [9.17, 15) is 4.79 Å². The number of amides is 1. The molecule has 1 fully saturated rings. The predicted octanol–water partition coefficient (Wildman–Crippen LogP) is 3.10. The van der Waals surface area contributed by atoms with E-state index < -0.39 is 0 Å². The van der Waals surface area contributed by atoms with Crippen LogP contribution in [0.5, 0.6) is 0 Å². The number of carbonyl (C=O) groups excluding carboxylic acids is 1. The third-order valence-corrected chi connectivity index (χ3v) is 5.36. The van der Waals surface area contributed by atoms with Crippen molar-refractivity contribution in [1.82, 2.24) is 10.2 Å². The molecule has 3 rings (SSSR count). The fourth-order valence-electron chi connectivity index (χ4n) is 3.92. The Morgan fingerprint density at radius 1 is 1.38 bits per heavy atom. The summed E-state index contributed by atoms with van der Waals surface area (Å²) in [4.78, 5) is 16.7. The Labute approximate surface area is 150 Å². The first-order valence-electron chi connectivity index (χ1n) is 8.84. The van der Waals surface area contributed by atoms with E-state index in [2.05, 4.69) is 37.1 Å². The summed E-state index contributed by atoms with van der Waals surface area (Å²) in [6.45, 7) is 8.23. The van der Waals surface area contributed by atoms with E-state index in [-0.39, 0.29) is 11.4 Å². The molecule has 130 valence electrons. The van der Waals surface area contributed by atoms with Crippen LogP contribution in [-0.4, -0.2) is 40.6 Å². The van der Waals surface area contributed by atoms with Gasteiger partial charge in [-0.25, -0.2) is 0 Å². The average Bonchev–Trinajstić information content (AvgIpc) is 2.93. The van der Waals surface area contributed by atoms with Crippen LogP contribution in [0, 0.1) is 0 Å². The molecule has 0 unspecified atom stereocenters. The minimum absolute atomic E-state index is 0.0576. The van der Waals surface area contributed by atoms with Crippen LogP contribution in [0.3, 0.4) is 0 Å². The third kappa shape index (κ3) is 3.56. The summed E-state index contributed by atoms with van der Waals surface area (Å²) in [5.74, 6) is 0.226. The average molecular weight is 346 g/mol. The number of fused-ring (bicyclic) bond motifs is 1. The zero-order chi connectivity index (χ0) is 17.3. The zero-order valence-corrected chi connectivity index (χ0v) is 15.7. The number of carbonyl (C=O) groups is 1.